The molecule has 1 atom stereocenters. The van der Waals surface area contributed by atoms with Gasteiger partial charge in [0.15, 0.2) is 0 Å². The number of hydrogen-bond acceptors (Lipinski definition) is 4. The molecule has 0 saturated heterocycles. The lowest BCUT2D eigenvalue weighted by Crippen LogP contribution is -2.22. The zero-order valence-electron chi connectivity index (χ0n) is 11.3. The molecule has 0 fully saturated rings. The first-order chi connectivity index (χ1) is 9.46. The second-order valence-corrected chi connectivity index (χ2v) is 8.35. The van der Waals surface area contributed by atoms with E-state index in [9.17, 15) is 13.7 Å². The van der Waals surface area contributed by atoms with Crippen molar-refractivity contribution >= 4 is 38.0 Å². The molecule has 1 aliphatic carbocycles. The van der Waals surface area contributed by atoms with Gasteiger partial charge in [0.05, 0.1) is 11.3 Å². The zero-order valence-corrected chi connectivity index (χ0v) is 13.7. The number of halogens is 1. The lowest BCUT2D eigenvalue weighted by Gasteiger charge is -2.10. The second kappa shape index (κ2) is 6.33. The molecule has 1 unspecified atom stereocenters. The van der Waals surface area contributed by atoms with Gasteiger partial charge in [0.1, 0.15) is 11.1 Å². The third-order valence-corrected chi connectivity index (χ3v) is 6.68. The number of alkyl halides is 1. The van der Waals surface area contributed by atoms with E-state index in [4.69, 9.17) is 11.6 Å². The maximum Gasteiger partial charge on any atom is 0.233 e. The molecule has 1 aliphatic rings. The molecule has 4 nitrogen and oxygen atoms in total. The highest BCUT2D eigenvalue weighted by molar-refractivity contribution is 7.92. The zero-order chi connectivity index (χ0) is 14.8. The van der Waals surface area contributed by atoms with Crippen molar-refractivity contribution < 1.29 is 8.42 Å². The van der Waals surface area contributed by atoms with Crippen molar-refractivity contribution in [2.75, 3.05) is 16.4 Å². The van der Waals surface area contributed by atoms with E-state index in [0.717, 1.165) is 36.1 Å². The van der Waals surface area contributed by atoms with E-state index in [1.165, 1.54) is 11.3 Å². The smallest absolute Gasteiger partial charge is 0.233 e. The summed E-state index contributed by atoms with van der Waals surface area (Å²) in [6.45, 7) is 1.79. The van der Waals surface area contributed by atoms with Crippen LogP contribution in [0.4, 0.5) is 5.00 Å². The number of sulfonamides is 1. The fourth-order valence-corrected chi connectivity index (χ4v) is 5.57. The Labute approximate surface area is 128 Å². The standard InChI is InChI=1S/C13H17ClN2O2S2/c1-9(6-14)8-20(17,18)16-13-11(7-15)10-4-2-3-5-12(10)19-13/h9,16H,2-6,8H2,1H3. The summed E-state index contributed by atoms with van der Waals surface area (Å²) in [5.41, 5.74) is 1.54. The molecule has 1 aromatic rings. The van der Waals surface area contributed by atoms with Gasteiger partial charge < -0.3 is 0 Å². The molecule has 0 aliphatic heterocycles. The van der Waals surface area contributed by atoms with Crippen LogP contribution in [0.15, 0.2) is 0 Å². The molecule has 0 amide bonds. The molecule has 1 aromatic heterocycles. The van der Waals surface area contributed by atoms with E-state index in [0.29, 0.717) is 16.4 Å². The molecule has 0 aromatic carbocycles. The first kappa shape index (κ1) is 15.6. The number of fused-ring (bicyclic) bond motifs is 1. The molecule has 7 heteroatoms. The Morgan fingerprint density at radius 1 is 1.45 bits per heavy atom. The van der Waals surface area contributed by atoms with Crippen LogP contribution >= 0.6 is 22.9 Å². The number of anilines is 1. The topological polar surface area (TPSA) is 70.0 Å². The van der Waals surface area contributed by atoms with Crippen LogP contribution in [-0.2, 0) is 22.9 Å². The van der Waals surface area contributed by atoms with E-state index < -0.39 is 10.0 Å². The van der Waals surface area contributed by atoms with Crippen molar-refractivity contribution in [1.82, 2.24) is 0 Å². The minimum absolute atomic E-state index is 0.0239. The molecule has 0 spiro atoms. The Kier molecular flexibility index (Phi) is 4.95. The van der Waals surface area contributed by atoms with Crippen molar-refractivity contribution in [3.05, 3.63) is 16.0 Å². The van der Waals surface area contributed by atoms with Gasteiger partial charge in [0, 0.05) is 10.8 Å². The maximum absolute atomic E-state index is 12.1. The minimum Gasteiger partial charge on any atom is -0.273 e. The summed E-state index contributed by atoms with van der Waals surface area (Å²) in [4.78, 5) is 1.15. The van der Waals surface area contributed by atoms with E-state index in [1.54, 1.807) is 6.92 Å². The Morgan fingerprint density at radius 2 is 2.15 bits per heavy atom. The van der Waals surface area contributed by atoms with Gasteiger partial charge in [-0.05, 0) is 37.2 Å². The van der Waals surface area contributed by atoms with Gasteiger partial charge in [-0.15, -0.1) is 22.9 Å². The number of nitrogens with one attached hydrogen (secondary N) is 1. The summed E-state index contributed by atoms with van der Waals surface area (Å²) < 4.78 is 26.7. The average Bonchev–Trinajstić information content (AvgIpc) is 2.73. The normalized spacial score (nSPS) is 16.2. The monoisotopic (exact) mass is 332 g/mol. The number of nitrogens with zero attached hydrogens (tertiary/aromatic N) is 1. The summed E-state index contributed by atoms with van der Waals surface area (Å²) in [6, 6.07) is 2.15. The average molecular weight is 333 g/mol. The Morgan fingerprint density at radius 3 is 2.80 bits per heavy atom. The Hall–Kier alpha value is -0.770. The quantitative estimate of drug-likeness (QED) is 0.842. The SMILES string of the molecule is CC(CCl)CS(=O)(=O)Nc1sc2c(c1C#N)CCCC2. The molecular formula is C13H17ClN2O2S2. The molecule has 110 valence electrons. The number of thiophene rings is 1. The summed E-state index contributed by atoms with van der Waals surface area (Å²) >= 11 is 7.06. The van der Waals surface area contributed by atoms with Crippen LogP contribution < -0.4 is 4.72 Å². The van der Waals surface area contributed by atoms with Gasteiger partial charge in [0.2, 0.25) is 10.0 Å². The van der Waals surface area contributed by atoms with Crippen LogP contribution in [0.3, 0.4) is 0 Å². The fraction of sp³-hybridized carbons (Fsp3) is 0.615. The van der Waals surface area contributed by atoms with E-state index in [1.807, 2.05) is 0 Å². The van der Waals surface area contributed by atoms with E-state index in [-0.39, 0.29) is 11.7 Å². The van der Waals surface area contributed by atoms with Crippen LogP contribution in [0.25, 0.3) is 0 Å². The van der Waals surface area contributed by atoms with Gasteiger partial charge >= 0.3 is 0 Å². The number of rotatable bonds is 5. The number of aryl methyl sites for hydroxylation is 1. The Bertz CT molecular complexity index is 632. The van der Waals surface area contributed by atoms with Crippen LogP contribution in [0, 0.1) is 17.2 Å². The molecular weight excluding hydrogens is 316 g/mol. The maximum atomic E-state index is 12.1. The van der Waals surface area contributed by atoms with Crippen molar-refractivity contribution in [2.24, 2.45) is 5.92 Å². The molecule has 2 rings (SSSR count). The van der Waals surface area contributed by atoms with Gasteiger partial charge in [-0.25, -0.2) is 8.42 Å². The summed E-state index contributed by atoms with van der Waals surface area (Å²) in [5.74, 6) is 0.158. The highest BCUT2D eigenvalue weighted by atomic mass is 35.5. The lowest BCUT2D eigenvalue weighted by molar-refractivity contribution is 0.588. The van der Waals surface area contributed by atoms with Gasteiger partial charge in [-0.2, -0.15) is 5.26 Å². The highest BCUT2D eigenvalue weighted by Crippen LogP contribution is 2.38. The summed E-state index contributed by atoms with van der Waals surface area (Å²) in [7, 11) is -3.45. The first-order valence-corrected chi connectivity index (χ1v) is 9.58. The molecule has 1 heterocycles. The molecule has 0 bridgehead atoms. The van der Waals surface area contributed by atoms with Crippen molar-refractivity contribution in [3.8, 4) is 6.07 Å². The predicted molar refractivity (Wildman–Crippen MR) is 83.0 cm³/mol. The van der Waals surface area contributed by atoms with Gasteiger partial charge in [-0.1, -0.05) is 6.92 Å². The van der Waals surface area contributed by atoms with E-state index >= 15 is 0 Å². The van der Waals surface area contributed by atoms with Crippen molar-refractivity contribution in [1.29, 1.82) is 5.26 Å². The van der Waals surface area contributed by atoms with E-state index in [2.05, 4.69) is 10.8 Å². The predicted octanol–water partition coefficient (Wildman–Crippen LogP) is 3.12. The highest BCUT2D eigenvalue weighted by Gasteiger charge is 2.24. The lowest BCUT2D eigenvalue weighted by atomic mass is 9.96. The fourth-order valence-electron chi connectivity index (χ4n) is 2.36. The number of nitriles is 1. The molecule has 0 radical (unpaired) electrons. The second-order valence-electron chi connectivity index (χ2n) is 5.17. The van der Waals surface area contributed by atoms with Gasteiger partial charge in [0.25, 0.3) is 0 Å². The first-order valence-electron chi connectivity index (χ1n) is 6.58. The third kappa shape index (κ3) is 3.46. The van der Waals surface area contributed by atoms with Gasteiger partial charge in [-0.3, -0.25) is 4.72 Å². The summed E-state index contributed by atoms with van der Waals surface area (Å²) in [5, 5.41) is 9.76. The van der Waals surface area contributed by atoms with Crippen molar-refractivity contribution in [2.45, 2.75) is 32.6 Å². The van der Waals surface area contributed by atoms with Crippen LogP contribution in [0.2, 0.25) is 0 Å². The molecule has 1 N–H and O–H groups in total. The molecule has 20 heavy (non-hydrogen) atoms. The van der Waals surface area contributed by atoms with Crippen LogP contribution in [0.1, 0.15) is 35.8 Å². The van der Waals surface area contributed by atoms with Crippen LogP contribution in [-0.4, -0.2) is 20.1 Å². The molecule has 0 saturated carbocycles. The Balaban J connectivity index is 2.26. The third-order valence-electron chi connectivity index (χ3n) is 3.30. The number of hydrogen-bond donors (Lipinski definition) is 1. The van der Waals surface area contributed by atoms with Crippen molar-refractivity contribution in [3.63, 3.8) is 0 Å². The minimum atomic E-state index is -3.45. The summed E-state index contributed by atoms with van der Waals surface area (Å²) in [6.07, 6.45) is 3.98. The van der Waals surface area contributed by atoms with Crippen LogP contribution in [0.5, 0.6) is 0 Å². The largest absolute Gasteiger partial charge is 0.273 e.